The maximum atomic E-state index is 13.1. The van der Waals surface area contributed by atoms with Gasteiger partial charge in [0.25, 0.3) is 0 Å². The van der Waals surface area contributed by atoms with E-state index >= 15 is 0 Å². The largest absolute Gasteiger partial charge is 0.744 e. The monoisotopic (exact) mass is 701 g/mol. The molecular formula is C36H64NO6PS2. The molecule has 10 heteroatoms. The first-order valence-electron chi connectivity index (χ1n) is 16.9. The second-order valence-corrected chi connectivity index (χ2v) is 24.2. The van der Waals surface area contributed by atoms with Crippen LogP contribution in [0.15, 0.2) is 58.3 Å². The minimum Gasteiger partial charge on any atom is -0.744 e. The molecule has 0 saturated carbocycles. The van der Waals surface area contributed by atoms with Crippen LogP contribution in [0, 0.1) is 31.6 Å². The molecule has 7 nitrogen and oxygen atoms in total. The molecule has 1 heterocycles. The number of benzene rings is 2. The first-order chi connectivity index (χ1) is 21.0. The summed E-state index contributed by atoms with van der Waals surface area (Å²) < 4.78 is 65.0. The summed E-state index contributed by atoms with van der Waals surface area (Å²) in [4.78, 5) is 0.0910. The molecule has 1 saturated heterocycles. The number of aryl methyl sites for hydroxylation is 2. The van der Waals surface area contributed by atoms with E-state index in [4.69, 9.17) is 3.97 Å². The van der Waals surface area contributed by atoms with Gasteiger partial charge in [0, 0.05) is 12.8 Å². The van der Waals surface area contributed by atoms with E-state index in [9.17, 15) is 21.4 Å². The Morgan fingerprint density at radius 3 is 1.43 bits per heavy atom. The van der Waals surface area contributed by atoms with E-state index in [1.165, 1.54) is 61.9 Å². The van der Waals surface area contributed by atoms with Crippen molar-refractivity contribution in [3.05, 3.63) is 59.7 Å². The van der Waals surface area contributed by atoms with Crippen molar-refractivity contribution < 1.29 is 29.8 Å². The van der Waals surface area contributed by atoms with Gasteiger partial charge in [0.1, 0.15) is 10.1 Å². The van der Waals surface area contributed by atoms with Crippen molar-refractivity contribution in [1.29, 1.82) is 0 Å². The van der Waals surface area contributed by atoms with Gasteiger partial charge >= 0.3 is 155 Å². The Morgan fingerprint density at radius 1 is 0.739 bits per heavy atom. The van der Waals surface area contributed by atoms with Gasteiger partial charge < -0.3 is 9.04 Å². The normalized spacial score (nSPS) is 15.9. The van der Waals surface area contributed by atoms with Crippen molar-refractivity contribution in [3.63, 3.8) is 0 Å². The molecule has 0 aliphatic carbocycles. The number of hydrogen-bond acceptors (Lipinski definition) is 6. The van der Waals surface area contributed by atoms with E-state index in [-0.39, 0.29) is 9.79 Å². The first-order valence-corrected chi connectivity index (χ1v) is 22.9. The number of rotatable bonds is 13. The molecule has 1 fully saturated rings. The maximum Gasteiger partial charge on any atom is 0.124 e. The standard InChI is InChI=1S/C20H37O3PS.C9H20N.C7H8O3S/c1-16(2)13-24(8,14-17(3)4,15-18(5)6)23-25(21,22)20-11-9-19(7)10-12-20;1-3-4-7-10(2)8-5-6-9-10;1-6-2-4-7(5-3-6)11(8,9)10/h9-12,16-18H,13-15H2,1-8H3;3-9H2,1-2H3;2-5H,1H3,(H,8,9,10)/q;+1;/p-1. The molecule has 266 valence electrons. The summed E-state index contributed by atoms with van der Waals surface area (Å²) in [7, 11) is -5.64. The second kappa shape index (κ2) is 17.9. The SMILES string of the molecule is CCCC[N+]1(C)CCCC1.Cc1ccc(S(=O)(=O)OP(C)(CC(C)C)(CC(C)C)CC(C)C)cc1.Cc1ccc(S(=O)(=O)[O-])cc1. The molecule has 3 rings (SSSR count). The molecule has 0 spiro atoms. The topological polar surface area (TPSA) is 101 Å². The molecular weight excluding hydrogens is 638 g/mol. The van der Waals surface area contributed by atoms with Crippen molar-refractivity contribution in [1.82, 2.24) is 0 Å². The summed E-state index contributed by atoms with van der Waals surface area (Å²) in [5.74, 6) is 1.19. The first kappa shape index (κ1) is 42.7. The van der Waals surface area contributed by atoms with Crippen molar-refractivity contribution >= 4 is 27.1 Å². The molecule has 46 heavy (non-hydrogen) atoms. The zero-order valence-electron chi connectivity index (χ0n) is 30.6. The predicted molar refractivity (Wildman–Crippen MR) is 195 cm³/mol. The third-order valence-electron chi connectivity index (χ3n) is 8.29. The summed E-state index contributed by atoms with van der Waals surface area (Å²) >= 11 is 0. The second-order valence-electron chi connectivity index (χ2n) is 15.4. The molecule has 0 atom stereocenters. The molecule has 0 radical (unpaired) electrons. The van der Waals surface area contributed by atoms with Gasteiger partial charge in [-0.25, -0.2) is 8.42 Å². The predicted octanol–water partition coefficient (Wildman–Crippen LogP) is 8.69. The molecule has 0 unspecified atom stereocenters. The van der Waals surface area contributed by atoms with E-state index in [2.05, 4.69) is 62.2 Å². The Balaban J connectivity index is 0.000000410. The van der Waals surface area contributed by atoms with E-state index in [1.54, 1.807) is 24.3 Å². The Bertz CT molecular complexity index is 1370. The van der Waals surface area contributed by atoms with Crippen molar-refractivity contribution in [2.24, 2.45) is 17.8 Å². The number of likely N-dealkylation sites (tertiary alicyclic amines) is 1. The van der Waals surface area contributed by atoms with Gasteiger partial charge in [0.2, 0.25) is 0 Å². The number of unbranched alkanes of at least 4 members (excludes halogenated alkanes) is 1. The summed E-state index contributed by atoms with van der Waals surface area (Å²) in [6.45, 7) is 22.5. The molecule has 0 aromatic heterocycles. The van der Waals surface area contributed by atoms with Crippen LogP contribution >= 0.6 is 6.83 Å². The molecule has 2 aromatic rings. The summed E-state index contributed by atoms with van der Waals surface area (Å²) in [5.41, 5.74) is 1.97. The van der Waals surface area contributed by atoms with Crippen LogP contribution in [0.1, 0.15) is 85.3 Å². The third-order valence-corrected chi connectivity index (χ3v) is 17.9. The van der Waals surface area contributed by atoms with Gasteiger partial charge in [-0.2, -0.15) is 0 Å². The van der Waals surface area contributed by atoms with E-state index in [0.717, 1.165) is 29.6 Å². The van der Waals surface area contributed by atoms with E-state index in [0.29, 0.717) is 17.8 Å². The zero-order valence-corrected chi connectivity index (χ0v) is 33.1. The summed E-state index contributed by atoms with van der Waals surface area (Å²) in [5, 5.41) is 0. The Hall–Kier alpha value is -1.35. The fourth-order valence-electron chi connectivity index (χ4n) is 7.03. The fourth-order valence-corrected chi connectivity index (χ4v) is 18.1. The quantitative estimate of drug-likeness (QED) is 0.118. The minimum absolute atomic E-state index is 0.178. The molecule has 0 N–H and O–H groups in total. The maximum absolute atomic E-state index is 13.1. The van der Waals surface area contributed by atoms with Gasteiger partial charge in [-0.05, 0) is 25.5 Å². The van der Waals surface area contributed by atoms with Crippen LogP contribution in [0.3, 0.4) is 0 Å². The average molecular weight is 702 g/mol. The molecule has 0 amide bonds. The van der Waals surface area contributed by atoms with Gasteiger partial charge in [-0.3, -0.25) is 0 Å². The van der Waals surface area contributed by atoms with Gasteiger partial charge in [-0.15, -0.1) is 0 Å². The van der Waals surface area contributed by atoms with Gasteiger partial charge in [-0.1, -0.05) is 31.0 Å². The average Bonchev–Trinajstić information content (AvgIpc) is 3.32. The number of nitrogens with zero attached hydrogens (tertiary/aromatic N) is 1. The van der Waals surface area contributed by atoms with Gasteiger partial charge in [0.05, 0.1) is 31.6 Å². The van der Waals surface area contributed by atoms with Crippen molar-refractivity contribution in [2.45, 2.75) is 97.8 Å². The fraction of sp³-hybridized carbons (Fsp3) is 0.667. The molecule has 2 aromatic carbocycles. The van der Waals surface area contributed by atoms with Crippen LogP contribution in [0.4, 0.5) is 0 Å². The van der Waals surface area contributed by atoms with Crippen LogP contribution in [-0.4, -0.2) is 77.7 Å². The summed E-state index contributed by atoms with van der Waals surface area (Å²) in [6, 6.07) is 12.8. The van der Waals surface area contributed by atoms with Crippen LogP contribution in [0.5, 0.6) is 0 Å². The van der Waals surface area contributed by atoms with Crippen molar-refractivity contribution in [3.8, 4) is 0 Å². The third kappa shape index (κ3) is 15.3. The number of hydrogen-bond donors (Lipinski definition) is 0. The zero-order chi connectivity index (χ0) is 35.4. The Kier molecular flexibility index (Phi) is 16.6. The van der Waals surface area contributed by atoms with Crippen LogP contribution in [0.2, 0.25) is 0 Å². The minimum atomic E-state index is -4.27. The van der Waals surface area contributed by atoms with Crippen molar-refractivity contribution in [2.75, 3.05) is 51.8 Å². The van der Waals surface area contributed by atoms with E-state index in [1.807, 2.05) is 26.0 Å². The number of quaternary nitrogens is 1. The van der Waals surface area contributed by atoms with Crippen LogP contribution in [0.25, 0.3) is 0 Å². The molecule has 0 bridgehead atoms. The smallest absolute Gasteiger partial charge is 0.124 e. The Morgan fingerprint density at radius 2 is 1.11 bits per heavy atom. The van der Waals surface area contributed by atoms with Crippen LogP contribution < -0.4 is 0 Å². The van der Waals surface area contributed by atoms with Crippen LogP contribution in [-0.2, 0) is 24.2 Å². The molecule has 1 aliphatic rings. The van der Waals surface area contributed by atoms with Gasteiger partial charge in [0.15, 0.2) is 0 Å². The van der Waals surface area contributed by atoms with E-state index < -0.39 is 27.1 Å². The Labute approximate surface area is 283 Å². The molecule has 1 aliphatic heterocycles. The summed E-state index contributed by atoms with van der Waals surface area (Å²) in [6.07, 6.45) is 8.21.